The van der Waals surface area contributed by atoms with Gasteiger partial charge in [-0.1, -0.05) is 0 Å². The van der Waals surface area contributed by atoms with Crippen molar-refractivity contribution in [1.82, 2.24) is 9.55 Å². The lowest BCUT2D eigenvalue weighted by atomic mass is 10.1. The van der Waals surface area contributed by atoms with E-state index in [1.165, 1.54) is 6.07 Å². The number of nitrogens with zero attached hydrogens (tertiary/aromatic N) is 2. The fraction of sp³-hybridized carbons (Fsp3) is 0.167. The number of halogens is 2. The second kappa shape index (κ2) is 4.08. The smallest absolute Gasteiger partial charge is 0.168 e. The average Bonchev–Trinajstić information content (AvgIpc) is 2.55. The summed E-state index contributed by atoms with van der Waals surface area (Å²) in [7, 11) is 1.66. The molecule has 0 aliphatic rings. The van der Waals surface area contributed by atoms with Crippen LogP contribution in [0.1, 0.15) is 16.3 Å². The quantitative estimate of drug-likeness (QED) is 0.751. The molecular weight excluding hydrogens is 226 g/mol. The number of aromatic nitrogens is 2. The minimum atomic E-state index is -0.730. The van der Waals surface area contributed by atoms with Crippen molar-refractivity contribution < 1.29 is 13.6 Å². The van der Waals surface area contributed by atoms with Gasteiger partial charge in [0.25, 0.3) is 0 Å². The molecule has 0 fully saturated rings. The van der Waals surface area contributed by atoms with Crippen molar-refractivity contribution in [1.29, 1.82) is 0 Å². The number of benzene rings is 1. The van der Waals surface area contributed by atoms with Gasteiger partial charge in [-0.15, -0.1) is 0 Å². The van der Waals surface area contributed by atoms with E-state index < -0.39 is 11.6 Å². The van der Waals surface area contributed by atoms with Gasteiger partial charge in [0.05, 0.1) is 0 Å². The van der Waals surface area contributed by atoms with Gasteiger partial charge in [-0.25, -0.2) is 13.8 Å². The molecule has 0 atom stereocenters. The molecule has 0 N–H and O–H groups in total. The number of hydrogen-bond donors (Lipinski definition) is 0. The zero-order valence-electron chi connectivity index (χ0n) is 9.37. The number of carbonyl (C=O) groups is 1. The Morgan fingerprint density at radius 1 is 1.35 bits per heavy atom. The van der Waals surface area contributed by atoms with Gasteiger partial charge in [0, 0.05) is 18.7 Å². The van der Waals surface area contributed by atoms with Crippen LogP contribution in [0.4, 0.5) is 8.78 Å². The minimum absolute atomic E-state index is 0.122. The third kappa shape index (κ3) is 1.84. The van der Waals surface area contributed by atoms with E-state index in [2.05, 4.69) is 4.98 Å². The summed E-state index contributed by atoms with van der Waals surface area (Å²) in [5.41, 5.74) is 0.628. The van der Waals surface area contributed by atoms with Crippen LogP contribution in [0.5, 0.6) is 0 Å². The SMILES string of the molecule is Cc1nc(-c2ccc(F)cc2F)c(C=O)n1C. The second-order valence-corrected chi connectivity index (χ2v) is 3.69. The monoisotopic (exact) mass is 236 g/mol. The first-order valence-electron chi connectivity index (χ1n) is 4.98. The molecule has 0 amide bonds. The standard InChI is InChI=1S/C12H10F2N2O/c1-7-15-12(11(6-17)16(7)2)9-4-3-8(13)5-10(9)14/h3-6H,1-2H3. The fourth-order valence-electron chi connectivity index (χ4n) is 1.64. The van der Waals surface area contributed by atoms with Crippen molar-refractivity contribution in [3.8, 4) is 11.3 Å². The van der Waals surface area contributed by atoms with Crippen molar-refractivity contribution in [2.45, 2.75) is 6.92 Å². The Hall–Kier alpha value is -2.04. The number of imidazole rings is 1. The molecule has 1 aromatic carbocycles. The Kier molecular flexibility index (Phi) is 2.75. The summed E-state index contributed by atoms with van der Waals surface area (Å²) in [6.45, 7) is 1.71. The van der Waals surface area contributed by atoms with E-state index in [1.807, 2.05) is 0 Å². The molecule has 0 aliphatic carbocycles. The highest BCUT2D eigenvalue weighted by Crippen LogP contribution is 2.25. The highest BCUT2D eigenvalue weighted by Gasteiger charge is 2.16. The normalized spacial score (nSPS) is 10.6. The first kappa shape index (κ1) is 11.4. The molecule has 1 heterocycles. The van der Waals surface area contributed by atoms with Gasteiger partial charge in [-0.2, -0.15) is 0 Å². The number of aldehydes is 1. The van der Waals surface area contributed by atoms with Gasteiger partial charge in [0.2, 0.25) is 0 Å². The van der Waals surface area contributed by atoms with E-state index in [4.69, 9.17) is 0 Å². The van der Waals surface area contributed by atoms with Crippen molar-refractivity contribution in [3.63, 3.8) is 0 Å². The molecule has 0 unspecified atom stereocenters. The van der Waals surface area contributed by atoms with Crippen LogP contribution in [0.15, 0.2) is 18.2 Å². The van der Waals surface area contributed by atoms with Crippen molar-refractivity contribution in [2.75, 3.05) is 0 Å². The van der Waals surface area contributed by atoms with Crippen LogP contribution >= 0.6 is 0 Å². The predicted molar refractivity (Wildman–Crippen MR) is 58.7 cm³/mol. The molecule has 1 aromatic heterocycles. The maximum atomic E-state index is 13.6. The van der Waals surface area contributed by atoms with Crippen LogP contribution < -0.4 is 0 Å². The Bertz CT molecular complexity index is 590. The van der Waals surface area contributed by atoms with Gasteiger partial charge in [-0.3, -0.25) is 4.79 Å². The third-order valence-electron chi connectivity index (χ3n) is 2.66. The molecule has 0 bridgehead atoms. The first-order chi connectivity index (χ1) is 8.04. The molecule has 17 heavy (non-hydrogen) atoms. The predicted octanol–water partition coefficient (Wildman–Crippen LogP) is 2.49. The van der Waals surface area contributed by atoms with Gasteiger partial charge < -0.3 is 4.57 Å². The van der Waals surface area contributed by atoms with Gasteiger partial charge in [-0.05, 0) is 19.1 Å². The van der Waals surface area contributed by atoms with Crippen LogP contribution in [0.25, 0.3) is 11.3 Å². The van der Waals surface area contributed by atoms with E-state index in [0.717, 1.165) is 12.1 Å². The zero-order valence-corrected chi connectivity index (χ0v) is 9.37. The summed E-state index contributed by atoms with van der Waals surface area (Å²) in [4.78, 5) is 15.1. The molecule has 3 nitrogen and oxygen atoms in total. The van der Waals surface area contributed by atoms with Crippen molar-refractivity contribution >= 4 is 6.29 Å². The highest BCUT2D eigenvalue weighted by atomic mass is 19.1. The molecule has 2 rings (SSSR count). The Balaban J connectivity index is 2.68. The van der Waals surface area contributed by atoms with Crippen LogP contribution in [0, 0.1) is 18.6 Å². The largest absolute Gasteiger partial charge is 0.329 e. The molecule has 0 aliphatic heterocycles. The molecule has 0 radical (unpaired) electrons. The van der Waals surface area contributed by atoms with Crippen molar-refractivity contribution in [2.24, 2.45) is 7.05 Å². The van der Waals surface area contributed by atoms with Crippen LogP contribution in [-0.4, -0.2) is 15.8 Å². The van der Waals surface area contributed by atoms with E-state index in [1.54, 1.807) is 18.5 Å². The Labute approximate surface area is 96.7 Å². The van der Waals surface area contributed by atoms with Crippen LogP contribution in [-0.2, 0) is 7.05 Å². The molecule has 0 saturated heterocycles. The lowest BCUT2D eigenvalue weighted by Crippen LogP contribution is -1.98. The first-order valence-corrected chi connectivity index (χ1v) is 4.98. The summed E-state index contributed by atoms with van der Waals surface area (Å²) in [5.74, 6) is -0.802. The maximum Gasteiger partial charge on any atom is 0.168 e. The highest BCUT2D eigenvalue weighted by molar-refractivity contribution is 5.84. The number of rotatable bonds is 2. The Morgan fingerprint density at radius 3 is 2.65 bits per heavy atom. The molecule has 5 heteroatoms. The second-order valence-electron chi connectivity index (χ2n) is 3.69. The Morgan fingerprint density at radius 2 is 2.06 bits per heavy atom. The van der Waals surface area contributed by atoms with Crippen LogP contribution in [0.3, 0.4) is 0 Å². The van der Waals surface area contributed by atoms with Gasteiger partial charge in [0.1, 0.15) is 28.8 Å². The number of carbonyl (C=O) groups excluding carboxylic acids is 1. The minimum Gasteiger partial charge on any atom is -0.329 e. The lowest BCUT2D eigenvalue weighted by Gasteiger charge is -2.01. The lowest BCUT2D eigenvalue weighted by molar-refractivity contribution is 0.111. The molecular formula is C12H10F2N2O. The summed E-state index contributed by atoms with van der Waals surface area (Å²) in [5, 5.41) is 0. The number of aryl methyl sites for hydroxylation is 1. The summed E-state index contributed by atoms with van der Waals surface area (Å²) in [6.07, 6.45) is 0.609. The van der Waals surface area contributed by atoms with E-state index in [9.17, 15) is 13.6 Å². The summed E-state index contributed by atoms with van der Waals surface area (Å²) >= 11 is 0. The molecule has 88 valence electrons. The van der Waals surface area contributed by atoms with Gasteiger partial charge >= 0.3 is 0 Å². The van der Waals surface area contributed by atoms with E-state index in [-0.39, 0.29) is 17.0 Å². The zero-order chi connectivity index (χ0) is 12.6. The topological polar surface area (TPSA) is 34.9 Å². The third-order valence-corrected chi connectivity index (χ3v) is 2.66. The van der Waals surface area contributed by atoms with Crippen LogP contribution in [0.2, 0.25) is 0 Å². The molecule has 0 spiro atoms. The fourth-order valence-corrected chi connectivity index (χ4v) is 1.64. The summed E-state index contributed by atoms with van der Waals surface area (Å²) < 4.78 is 27.9. The molecule has 2 aromatic rings. The average molecular weight is 236 g/mol. The van der Waals surface area contributed by atoms with Gasteiger partial charge in [0.15, 0.2) is 6.29 Å². The van der Waals surface area contributed by atoms with E-state index in [0.29, 0.717) is 12.1 Å². The van der Waals surface area contributed by atoms with E-state index >= 15 is 0 Å². The molecule has 0 saturated carbocycles. The number of hydrogen-bond acceptors (Lipinski definition) is 2. The summed E-state index contributed by atoms with van der Waals surface area (Å²) in [6, 6.07) is 3.18. The van der Waals surface area contributed by atoms with Crippen molar-refractivity contribution in [3.05, 3.63) is 41.4 Å². The maximum absolute atomic E-state index is 13.6.